The maximum atomic E-state index is 11.3. The highest BCUT2D eigenvalue weighted by Gasteiger charge is 2.26. The zero-order valence-corrected chi connectivity index (χ0v) is 8.88. The van der Waals surface area contributed by atoms with Crippen LogP contribution in [0.1, 0.15) is 0 Å². The Bertz CT molecular complexity index is 394. The average molecular weight is 228 g/mol. The van der Waals surface area contributed by atoms with Crippen LogP contribution in [0.25, 0.3) is 0 Å². The number of benzene rings is 1. The van der Waals surface area contributed by atoms with Gasteiger partial charge in [-0.3, -0.25) is 0 Å². The topological polar surface area (TPSA) is 47.6 Å². The number of halogens is 1. The van der Waals surface area contributed by atoms with Gasteiger partial charge >= 0.3 is 5.97 Å². The summed E-state index contributed by atoms with van der Waals surface area (Å²) in [7, 11) is 1.34. The van der Waals surface area contributed by atoms with E-state index >= 15 is 0 Å². The van der Waals surface area contributed by atoms with Crippen molar-refractivity contribution in [3.8, 4) is 5.75 Å². The largest absolute Gasteiger partial charge is 0.489 e. The van der Waals surface area contributed by atoms with Crippen LogP contribution >= 0.6 is 11.6 Å². The molecule has 1 atom stereocenters. The molecule has 2 rings (SSSR count). The lowest BCUT2D eigenvalue weighted by Crippen LogP contribution is -2.39. The summed E-state index contributed by atoms with van der Waals surface area (Å²) in [5.41, 5.74) is 0.640. The van der Waals surface area contributed by atoms with E-state index in [1.54, 1.807) is 18.2 Å². The molecule has 0 aromatic heterocycles. The van der Waals surface area contributed by atoms with E-state index in [0.717, 1.165) is 0 Å². The zero-order valence-electron chi connectivity index (χ0n) is 8.12. The van der Waals surface area contributed by atoms with E-state index in [1.165, 1.54) is 7.11 Å². The Morgan fingerprint density at radius 3 is 3.20 bits per heavy atom. The Balaban J connectivity index is 2.26. The molecular weight excluding hydrogens is 218 g/mol. The SMILES string of the molecule is COC(=O)C1COc2cccc(Cl)c2N1. The molecule has 5 heteroatoms. The standard InChI is InChI=1S/C10H10ClNO3/c1-14-10(13)7-5-15-8-4-2-3-6(11)9(8)12-7/h2-4,7,12H,5H2,1H3. The number of methoxy groups -OCH3 is 1. The Labute approximate surface area is 92.1 Å². The minimum atomic E-state index is -0.498. The van der Waals surface area contributed by atoms with Crippen molar-refractivity contribution in [1.82, 2.24) is 0 Å². The summed E-state index contributed by atoms with van der Waals surface area (Å²) in [6.45, 7) is 0.250. The molecule has 0 bridgehead atoms. The van der Waals surface area contributed by atoms with E-state index in [2.05, 4.69) is 10.1 Å². The number of hydrogen-bond acceptors (Lipinski definition) is 4. The lowest BCUT2D eigenvalue weighted by molar-refractivity contribution is -0.142. The van der Waals surface area contributed by atoms with Crippen molar-refractivity contribution in [3.05, 3.63) is 23.2 Å². The fourth-order valence-electron chi connectivity index (χ4n) is 1.42. The Morgan fingerprint density at radius 1 is 1.67 bits per heavy atom. The zero-order chi connectivity index (χ0) is 10.8. The number of carbonyl (C=O) groups is 1. The van der Waals surface area contributed by atoms with Crippen LogP contribution in [0.15, 0.2) is 18.2 Å². The molecule has 0 saturated carbocycles. The van der Waals surface area contributed by atoms with Gasteiger partial charge in [0.1, 0.15) is 12.4 Å². The van der Waals surface area contributed by atoms with Gasteiger partial charge in [-0.05, 0) is 12.1 Å². The molecule has 15 heavy (non-hydrogen) atoms. The van der Waals surface area contributed by atoms with E-state index in [1.807, 2.05) is 0 Å². The third kappa shape index (κ3) is 1.85. The number of carbonyl (C=O) groups excluding carboxylic acids is 1. The van der Waals surface area contributed by atoms with E-state index in [9.17, 15) is 4.79 Å². The van der Waals surface area contributed by atoms with Gasteiger partial charge in [0.05, 0.1) is 17.8 Å². The number of rotatable bonds is 1. The molecule has 80 valence electrons. The second-order valence-corrected chi connectivity index (χ2v) is 3.55. The molecule has 0 spiro atoms. The number of ether oxygens (including phenoxy) is 2. The predicted octanol–water partition coefficient (Wildman–Crippen LogP) is 1.69. The Morgan fingerprint density at radius 2 is 2.47 bits per heavy atom. The van der Waals surface area contributed by atoms with Crippen LogP contribution in [0.5, 0.6) is 5.75 Å². The number of anilines is 1. The van der Waals surface area contributed by atoms with Crippen LogP contribution in [-0.4, -0.2) is 25.7 Å². The summed E-state index contributed by atoms with van der Waals surface area (Å²) in [6, 6.07) is 4.82. The predicted molar refractivity (Wildman–Crippen MR) is 56.4 cm³/mol. The highest BCUT2D eigenvalue weighted by atomic mass is 35.5. The Kier molecular flexibility index (Phi) is 2.68. The molecular formula is C10H10ClNO3. The summed E-state index contributed by atoms with van der Waals surface area (Å²) in [5, 5.41) is 3.51. The smallest absolute Gasteiger partial charge is 0.331 e. The first kappa shape index (κ1) is 10.1. The molecule has 0 radical (unpaired) electrons. The molecule has 1 aliphatic heterocycles. The lowest BCUT2D eigenvalue weighted by atomic mass is 10.2. The van der Waals surface area contributed by atoms with Crippen LogP contribution in [-0.2, 0) is 9.53 Å². The minimum Gasteiger partial charge on any atom is -0.489 e. The van der Waals surface area contributed by atoms with Gasteiger partial charge in [-0.15, -0.1) is 0 Å². The Hall–Kier alpha value is -1.42. The summed E-state index contributed by atoms with van der Waals surface area (Å²) < 4.78 is 10.0. The molecule has 1 aromatic carbocycles. The highest BCUT2D eigenvalue weighted by molar-refractivity contribution is 6.33. The van der Waals surface area contributed by atoms with Crippen molar-refractivity contribution < 1.29 is 14.3 Å². The monoisotopic (exact) mass is 227 g/mol. The number of fused-ring (bicyclic) bond motifs is 1. The van der Waals surface area contributed by atoms with Gasteiger partial charge in [-0.2, -0.15) is 0 Å². The van der Waals surface area contributed by atoms with Crippen LogP contribution < -0.4 is 10.1 Å². The number of nitrogens with one attached hydrogen (secondary N) is 1. The summed E-state index contributed by atoms with van der Waals surface area (Å²) >= 11 is 5.96. The molecule has 1 aromatic rings. The van der Waals surface area contributed by atoms with E-state index in [0.29, 0.717) is 16.5 Å². The van der Waals surface area contributed by atoms with Gasteiger partial charge < -0.3 is 14.8 Å². The van der Waals surface area contributed by atoms with Crippen LogP contribution in [0.3, 0.4) is 0 Å². The fourth-order valence-corrected chi connectivity index (χ4v) is 1.64. The molecule has 0 saturated heterocycles. The maximum Gasteiger partial charge on any atom is 0.331 e. The first-order chi connectivity index (χ1) is 7.22. The van der Waals surface area contributed by atoms with Gasteiger partial charge in [-0.1, -0.05) is 17.7 Å². The minimum absolute atomic E-state index is 0.250. The van der Waals surface area contributed by atoms with Gasteiger partial charge in [0.15, 0.2) is 6.04 Å². The van der Waals surface area contributed by atoms with Crippen molar-refractivity contribution >= 4 is 23.3 Å². The molecule has 1 heterocycles. The normalized spacial score (nSPS) is 18.4. The van der Waals surface area contributed by atoms with Crippen molar-refractivity contribution in [2.75, 3.05) is 19.0 Å². The first-order valence-electron chi connectivity index (χ1n) is 4.48. The summed E-state index contributed by atoms with van der Waals surface area (Å²) in [4.78, 5) is 11.3. The quantitative estimate of drug-likeness (QED) is 0.742. The van der Waals surface area contributed by atoms with Crippen molar-refractivity contribution in [3.63, 3.8) is 0 Å². The van der Waals surface area contributed by atoms with Gasteiger partial charge in [0.2, 0.25) is 0 Å². The summed E-state index contributed by atoms with van der Waals surface area (Å²) in [6.07, 6.45) is 0. The lowest BCUT2D eigenvalue weighted by Gasteiger charge is -2.26. The molecule has 1 aliphatic rings. The molecule has 4 nitrogen and oxygen atoms in total. The van der Waals surface area contributed by atoms with E-state index in [-0.39, 0.29) is 12.6 Å². The van der Waals surface area contributed by atoms with E-state index < -0.39 is 6.04 Å². The first-order valence-corrected chi connectivity index (χ1v) is 4.86. The fraction of sp³-hybridized carbons (Fsp3) is 0.300. The number of esters is 1. The van der Waals surface area contributed by atoms with Crippen LogP contribution in [0, 0.1) is 0 Å². The molecule has 0 aliphatic carbocycles. The van der Waals surface area contributed by atoms with Crippen molar-refractivity contribution in [2.45, 2.75) is 6.04 Å². The molecule has 0 amide bonds. The van der Waals surface area contributed by atoms with Gasteiger partial charge in [-0.25, -0.2) is 4.79 Å². The second kappa shape index (κ2) is 3.98. The molecule has 0 fully saturated rings. The van der Waals surface area contributed by atoms with Gasteiger partial charge in [0.25, 0.3) is 0 Å². The van der Waals surface area contributed by atoms with Crippen molar-refractivity contribution in [1.29, 1.82) is 0 Å². The third-order valence-electron chi connectivity index (χ3n) is 2.19. The van der Waals surface area contributed by atoms with Crippen LogP contribution in [0.4, 0.5) is 5.69 Å². The third-order valence-corrected chi connectivity index (χ3v) is 2.50. The highest BCUT2D eigenvalue weighted by Crippen LogP contribution is 2.35. The average Bonchev–Trinajstić information content (AvgIpc) is 2.28. The second-order valence-electron chi connectivity index (χ2n) is 3.14. The van der Waals surface area contributed by atoms with Crippen molar-refractivity contribution in [2.24, 2.45) is 0 Å². The number of para-hydroxylation sites is 1. The molecule has 1 unspecified atom stereocenters. The van der Waals surface area contributed by atoms with Gasteiger partial charge in [0, 0.05) is 0 Å². The summed E-state index contributed by atoms with van der Waals surface area (Å²) in [5.74, 6) is 0.295. The number of hydrogen-bond donors (Lipinski definition) is 1. The molecule has 1 N–H and O–H groups in total. The van der Waals surface area contributed by atoms with E-state index in [4.69, 9.17) is 16.3 Å². The maximum absolute atomic E-state index is 11.3. The van der Waals surface area contributed by atoms with Crippen LogP contribution in [0.2, 0.25) is 5.02 Å².